The van der Waals surface area contributed by atoms with Gasteiger partial charge in [0, 0.05) is 18.2 Å². The lowest BCUT2D eigenvalue weighted by Crippen LogP contribution is -2.24. The Morgan fingerprint density at radius 3 is 2.87 bits per heavy atom. The minimum absolute atomic E-state index is 0.0953. The predicted molar refractivity (Wildman–Crippen MR) is 68.9 cm³/mol. The van der Waals surface area contributed by atoms with Crippen LogP contribution in [-0.2, 0) is 4.79 Å². The fourth-order valence-corrected chi connectivity index (χ4v) is 2.59. The molecule has 1 aliphatic rings. The lowest BCUT2D eigenvalue weighted by molar-refractivity contribution is -0.117. The monoisotopic (exact) mass is 305 g/mol. The minimum Gasteiger partial charge on any atom is -0.310 e. The summed E-state index contributed by atoms with van der Waals surface area (Å²) < 4.78 is 0.766. The van der Waals surface area contributed by atoms with Crippen LogP contribution in [0, 0.1) is 0 Å². The minimum atomic E-state index is 0.0953. The first-order valence-electron chi connectivity index (χ1n) is 4.52. The molecule has 2 nitrogen and oxygen atoms in total. The van der Waals surface area contributed by atoms with Gasteiger partial charge in [0.25, 0.3) is 0 Å². The van der Waals surface area contributed by atoms with Crippen LogP contribution < -0.4 is 4.90 Å². The van der Waals surface area contributed by atoms with Crippen molar-refractivity contribution in [2.24, 2.45) is 0 Å². The van der Waals surface area contributed by atoms with E-state index in [1.807, 2.05) is 12.1 Å². The van der Waals surface area contributed by atoms with E-state index in [-0.39, 0.29) is 11.2 Å². The maximum absolute atomic E-state index is 11.7. The summed E-state index contributed by atoms with van der Waals surface area (Å²) >= 11 is 13.7. The Bertz CT molecular complexity index is 412. The summed E-state index contributed by atoms with van der Waals surface area (Å²) in [6, 6.07) is 5.50. The third-order valence-corrected chi connectivity index (χ3v) is 4.05. The second-order valence-corrected chi connectivity index (χ2v) is 5.37. The van der Waals surface area contributed by atoms with Gasteiger partial charge in [-0.15, -0.1) is 0 Å². The van der Waals surface area contributed by atoms with Crippen LogP contribution in [0.25, 0.3) is 0 Å². The molecule has 1 atom stereocenters. The van der Waals surface area contributed by atoms with E-state index in [0.717, 1.165) is 10.2 Å². The average molecular weight is 307 g/mol. The summed E-state index contributed by atoms with van der Waals surface area (Å²) in [7, 11) is 0. The summed E-state index contributed by atoms with van der Waals surface area (Å²) in [5.41, 5.74) is 0.823. The molecule has 1 aliphatic heterocycles. The molecule has 5 heteroatoms. The van der Waals surface area contributed by atoms with E-state index in [9.17, 15) is 4.79 Å². The van der Waals surface area contributed by atoms with E-state index in [1.54, 1.807) is 11.0 Å². The van der Waals surface area contributed by atoms with E-state index in [2.05, 4.69) is 28.6 Å². The molecule has 0 saturated carbocycles. The molecule has 0 spiro atoms. The van der Waals surface area contributed by atoms with E-state index >= 15 is 0 Å². The van der Waals surface area contributed by atoms with Gasteiger partial charge < -0.3 is 4.90 Å². The number of amides is 1. The van der Waals surface area contributed by atoms with Crippen LogP contribution in [0.3, 0.4) is 0 Å². The topological polar surface area (TPSA) is 20.3 Å². The van der Waals surface area contributed by atoms with Gasteiger partial charge in [-0.1, -0.05) is 17.7 Å². The van der Waals surface area contributed by atoms with Gasteiger partial charge in [0.05, 0.1) is 15.2 Å². The fourth-order valence-electron chi connectivity index (χ4n) is 1.62. The number of nitrogens with zero attached hydrogens (tertiary/aromatic N) is 1. The zero-order valence-corrected chi connectivity index (χ0v) is 11.0. The van der Waals surface area contributed by atoms with Gasteiger partial charge in [0.15, 0.2) is 0 Å². The Labute approximate surface area is 107 Å². The quantitative estimate of drug-likeness (QED) is 0.790. The van der Waals surface area contributed by atoms with Gasteiger partial charge in [-0.3, -0.25) is 4.79 Å². The van der Waals surface area contributed by atoms with Crippen LogP contribution >= 0.6 is 40.2 Å². The highest BCUT2D eigenvalue weighted by molar-refractivity contribution is 9.10. The van der Waals surface area contributed by atoms with E-state index < -0.39 is 0 Å². The van der Waals surface area contributed by atoms with Crippen LogP contribution in [0.15, 0.2) is 22.7 Å². The molecule has 15 heavy (non-hydrogen) atoms. The molecule has 1 heterocycles. The normalized spacial score (nSPS) is 21.1. The van der Waals surface area contributed by atoms with Crippen LogP contribution in [0.4, 0.5) is 5.69 Å². The number of rotatable bonds is 1. The molecule has 0 aromatic heterocycles. The molecular formula is C10H9BrClNOS. The molecule has 1 fully saturated rings. The van der Waals surface area contributed by atoms with Crippen LogP contribution in [0.5, 0.6) is 0 Å². The van der Waals surface area contributed by atoms with Crippen molar-refractivity contribution in [3.8, 4) is 0 Å². The molecule has 1 amide bonds. The van der Waals surface area contributed by atoms with Crippen molar-refractivity contribution in [3.63, 3.8) is 0 Å². The van der Waals surface area contributed by atoms with Gasteiger partial charge in [0.1, 0.15) is 0 Å². The number of benzene rings is 1. The summed E-state index contributed by atoms with van der Waals surface area (Å²) in [5, 5.41) is 0.728. The Morgan fingerprint density at radius 2 is 2.27 bits per heavy atom. The van der Waals surface area contributed by atoms with E-state index in [4.69, 9.17) is 11.6 Å². The Hall–Kier alpha value is -0.190. The third kappa shape index (κ3) is 2.17. The van der Waals surface area contributed by atoms with Gasteiger partial charge >= 0.3 is 0 Å². The molecule has 0 bridgehead atoms. The van der Waals surface area contributed by atoms with Crippen molar-refractivity contribution in [1.29, 1.82) is 0 Å². The first-order valence-corrected chi connectivity index (χ1v) is 6.21. The number of thiol groups is 1. The predicted octanol–water partition coefficient (Wildman–Crippen LogP) is 3.14. The van der Waals surface area contributed by atoms with Crippen molar-refractivity contribution >= 4 is 51.8 Å². The third-order valence-electron chi connectivity index (χ3n) is 2.33. The number of carbonyl (C=O) groups is 1. The molecule has 2 rings (SSSR count). The fraction of sp³-hybridized carbons (Fsp3) is 0.300. The molecule has 0 radical (unpaired) electrons. The van der Waals surface area contributed by atoms with E-state index in [1.165, 1.54) is 0 Å². The molecule has 1 saturated heterocycles. The first-order chi connectivity index (χ1) is 7.09. The van der Waals surface area contributed by atoms with Gasteiger partial charge in [0.2, 0.25) is 5.91 Å². The van der Waals surface area contributed by atoms with Crippen molar-refractivity contribution in [1.82, 2.24) is 0 Å². The van der Waals surface area contributed by atoms with Crippen LogP contribution in [0.2, 0.25) is 5.02 Å². The standard InChI is InChI=1S/C10H9BrClNOS/c11-10-7(12)2-1-3-8(10)13-5-6(15)4-9(13)14/h1-3,6,15H,4-5H2. The lowest BCUT2D eigenvalue weighted by Gasteiger charge is -2.18. The smallest absolute Gasteiger partial charge is 0.228 e. The first kappa shape index (κ1) is 11.3. The highest BCUT2D eigenvalue weighted by atomic mass is 79.9. The number of anilines is 1. The van der Waals surface area contributed by atoms with Crippen LogP contribution in [-0.4, -0.2) is 17.7 Å². The number of carbonyl (C=O) groups excluding carboxylic acids is 1. The molecule has 0 N–H and O–H groups in total. The van der Waals surface area contributed by atoms with E-state index in [0.29, 0.717) is 18.0 Å². The maximum atomic E-state index is 11.7. The molecule has 80 valence electrons. The summed E-state index contributed by atoms with van der Waals surface area (Å²) in [5.74, 6) is 0.0953. The number of hydrogen-bond donors (Lipinski definition) is 1. The Kier molecular flexibility index (Phi) is 3.28. The van der Waals surface area contributed by atoms with Gasteiger partial charge in [-0.05, 0) is 28.1 Å². The SMILES string of the molecule is O=C1CC(S)CN1c1cccc(Cl)c1Br. The number of hydrogen-bond acceptors (Lipinski definition) is 2. The van der Waals surface area contributed by atoms with Crippen molar-refractivity contribution in [3.05, 3.63) is 27.7 Å². The zero-order valence-electron chi connectivity index (χ0n) is 7.78. The summed E-state index contributed by atoms with van der Waals surface area (Å²) in [4.78, 5) is 13.4. The largest absolute Gasteiger partial charge is 0.310 e. The lowest BCUT2D eigenvalue weighted by atomic mass is 10.3. The highest BCUT2D eigenvalue weighted by Crippen LogP contribution is 2.35. The second kappa shape index (κ2) is 4.36. The average Bonchev–Trinajstić information content (AvgIpc) is 2.50. The molecular weight excluding hydrogens is 298 g/mol. The second-order valence-electron chi connectivity index (χ2n) is 3.44. The Balaban J connectivity index is 2.38. The molecule has 1 aromatic rings. The van der Waals surface area contributed by atoms with Crippen molar-refractivity contribution in [2.75, 3.05) is 11.4 Å². The summed E-state index contributed by atoms with van der Waals surface area (Å²) in [6.45, 7) is 0.640. The molecule has 0 aliphatic carbocycles. The maximum Gasteiger partial charge on any atom is 0.228 e. The number of halogens is 2. The Morgan fingerprint density at radius 1 is 1.53 bits per heavy atom. The summed E-state index contributed by atoms with van der Waals surface area (Å²) in [6.07, 6.45) is 0.488. The van der Waals surface area contributed by atoms with Crippen molar-refractivity contribution < 1.29 is 4.79 Å². The van der Waals surface area contributed by atoms with Gasteiger partial charge in [-0.25, -0.2) is 0 Å². The molecule has 1 aromatic carbocycles. The highest BCUT2D eigenvalue weighted by Gasteiger charge is 2.29. The van der Waals surface area contributed by atoms with Crippen LogP contribution in [0.1, 0.15) is 6.42 Å². The van der Waals surface area contributed by atoms with Gasteiger partial charge in [-0.2, -0.15) is 12.6 Å². The zero-order chi connectivity index (χ0) is 11.0. The molecule has 1 unspecified atom stereocenters. The van der Waals surface area contributed by atoms with Crippen molar-refractivity contribution in [2.45, 2.75) is 11.7 Å².